The van der Waals surface area contributed by atoms with Gasteiger partial charge in [-0.05, 0) is 41.2 Å². The monoisotopic (exact) mass is 519 g/mol. The highest BCUT2D eigenvalue weighted by Crippen LogP contribution is 2.44. The molecule has 1 unspecified atom stereocenters. The van der Waals surface area contributed by atoms with Crippen molar-refractivity contribution in [1.82, 2.24) is 4.57 Å². The van der Waals surface area contributed by atoms with Gasteiger partial charge in [0, 0.05) is 24.1 Å². The quantitative estimate of drug-likeness (QED) is 0.377. The minimum absolute atomic E-state index is 0.0391. The first-order chi connectivity index (χ1) is 17.6. The molecule has 9 nitrogen and oxygen atoms in total. The van der Waals surface area contributed by atoms with Crippen molar-refractivity contribution in [1.29, 1.82) is 0 Å². The fraction of sp³-hybridized carbons (Fsp3) is 0.296. The largest absolute Gasteiger partial charge is 0.493 e. The molecule has 1 aromatic heterocycles. The third-order valence-corrected chi connectivity index (χ3v) is 7.58. The highest BCUT2D eigenvalue weighted by molar-refractivity contribution is 7.07. The second-order valence-electron chi connectivity index (χ2n) is 9.85. The number of aromatic nitrogens is 1. The standard InChI is InChI=1S/C27H25N3O6S/c1-27(2)13-18-23(19(31)14-27)24(16-8-9-20(35-3)21(12-16)36-4)29-25(32)22(37-26(29)28-18)11-15-6-5-7-17(10-15)30(33)34/h5-12,24H,13-14H2,1-4H3. The molecule has 0 N–H and O–H groups in total. The molecule has 37 heavy (non-hydrogen) atoms. The predicted octanol–water partition coefficient (Wildman–Crippen LogP) is 3.53. The Kier molecular flexibility index (Phi) is 6.07. The number of Topliss-reactive ketones (excluding diaryl/α,β-unsaturated/α-hetero) is 1. The predicted molar refractivity (Wildman–Crippen MR) is 139 cm³/mol. The number of benzene rings is 2. The molecule has 1 atom stereocenters. The Morgan fingerprint density at radius 2 is 1.86 bits per heavy atom. The number of methoxy groups -OCH3 is 2. The molecule has 2 heterocycles. The lowest BCUT2D eigenvalue weighted by molar-refractivity contribution is -0.384. The summed E-state index contributed by atoms with van der Waals surface area (Å²) in [7, 11) is 3.08. The SMILES string of the molecule is COc1ccc(C2C3=C(CC(C)(C)CC3=O)N=c3sc(=Cc4cccc([N+](=O)[O-])c4)c(=O)n32)cc1OC. The number of nitrogens with zero attached hydrogens (tertiary/aromatic N) is 3. The molecule has 0 bridgehead atoms. The molecular weight excluding hydrogens is 494 g/mol. The topological polar surface area (TPSA) is 113 Å². The van der Waals surface area contributed by atoms with Crippen LogP contribution in [0.1, 0.15) is 43.9 Å². The van der Waals surface area contributed by atoms with Gasteiger partial charge < -0.3 is 9.47 Å². The molecule has 1 aliphatic heterocycles. The van der Waals surface area contributed by atoms with Crippen molar-refractivity contribution in [2.24, 2.45) is 10.4 Å². The maximum absolute atomic E-state index is 13.8. The summed E-state index contributed by atoms with van der Waals surface area (Å²) in [6.45, 7) is 4.07. The van der Waals surface area contributed by atoms with E-state index >= 15 is 0 Å². The molecule has 2 aliphatic rings. The van der Waals surface area contributed by atoms with E-state index in [0.29, 0.717) is 56.1 Å². The summed E-state index contributed by atoms with van der Waals surface area (Å²) in [6.07, 6.45) is 2.58. The van der Waals surface area contributed by atoms with E-state index < -0.39 is 11.0 Å². The lowest BCUT2D eigenvalue weighted by Gasteiger charge is -2.35. The maximum Gasteiger partial charge on any atom is 0.271 e. The molecule has 1 aliphatic carbocycles. The molecule has 3 aromatic rings. The zero-order chi connectivity index (χ0) is 26.5. The highest BCUT2D eigenvalue weighted by atomic mass is 32.1. The number of ether oxygens (including phenoxy) is 2. The minimum Gasteiger partial charge on any atom is -0.493 e. The van der Waals surface area contributed by atoms with Gasteiger partial charge in [-0.15, -0.1) is 0 Å². The number of ketones is 1. The smallest absolute Gasteiger partial charge is 0.271 e. The van der Waals surface area contributed by atoms with Gasteiger partial charge in [-0.1, -0.05) is 43.4 Å². The lowest BCUT2D eigenvalue weighted by Crippen LogP contribution is -2.42. The number of rotatable bonds is 5. The van der Waals surface area contributed by atoms with Crippen LogP contribution in [0.15, 0.2) is 63.5 Å². The Labute approximate surface area is 216 Å². The van der Waals surface area contributed by atoms with Crippen LogP contribution in [0.25, 0.3) is 6.08 Å². The number of nitro benzene ring substituents is 1. The number of hydrogen-bond acceptors (Lipinski definition) is 8. The zero-order valence-electron chi connectivity index (χ0n) is 20.8. The summed E-state index contributed by atoms with van der Waals surface area (Å²) in [5.74, 6) is 0.985. The Morgan fingerprint density at radius 1 is 1.11 bits per heavy atom. The van der Waals surface area contributed by atoms with Crippen LogP contribution < -0.4 is 24.4 Å². The average Bonchev–Trinajstić information content (AvgIpc) is 3.16. The average molecular weight is 520 g/mol. The Morgan fingerprint density at radius 3 is 2.57 bits per heavy atom. The van der Waals surface area contributed by atoms with Gasteiger partial charge >= 0.3 is 0 Å². The van der Waals surface area contributed by atoms with E-state index in [-0.39, 0.29) is 22.4 Å². The summed E-state index contributed by atoms with van der Waals surface area (Å²) < 4.78 is 12.8. The summed E-state index contributed by atoms with van der Waals surface area (Å²) in [4.78, 5) is 43.2. The Bertz CT molecular complexity index is 1660. The molecule has 0 spiro atoms. The van der Waals surface area contributed by atoms with E-state index in [9.17, 15) is 19.7 Å². The van der Waals surface area contributed by atoms with E-state index in [1.54, 1.807) is 42.0 Å². The van der Waals surface area contributed by atoms with Gasteiger partial charge in [0.2, 0.25) is 0 Å². The molecule has 10 heteroatoms. The second kappa shape index (κ2) is 9.11. The number of fused-ring (bicyclic) bond motifs is 1. The van der Waals surface area contributed by atoms with Crippen molar-refractivity contribution in [3.05, 3.63) is 94.7 Å². The summed E-state index contributed by atoms with van der Waals surface area (Å²) in [5, 5.41) is 11.2. The van der Waals surface area contributed by atoms with Gasteiger partial charge in [-0.25, -0.2) is 4.99 Å². The Hall–Kier alpha value is -4.05. The van der Waals surface area contributed by atoms with E-state index in [4.69, 9.17) is 14.5 Å². The number of thiazole rings is 1. The number of nitro groups is 1. The van der Waals surface area contributed by atoms with Crippen molar-refractivity contribution < 1.29 is 19.2 Å². The van der Waals surface area contributed by atoms with Crippen LogP contribution >= 0.6 is 11.3 Å². The van der Waals surface area contributed by atoms with Crippen LogP contribution in [0.4, 0.5) is 5.69 Å². The van der Waals surface area contributed by atoms with Crippen LogP contribution in [0, 0.1) is 15.5 Å². The molecule has 0 radical (unpaired) electrons. The van der Waals surface area contributed by atoms with Gasteiger partial charge in [-0.3, -0.25) is 24.3 Å². The van der Waals surface area contributed by atoms with Crippen molar-refractivity contribution in [2.75, 3.05) is 14.2 Å². The van der Waals surface area contributed by atoms with Crippen LogP contribution in [0.3, 0.4) is 0 Å². The molecule has 0 saturated heterocycles. The summed E-state index contributed by atoms with van der Waals surface area (Å²) in [5.41, 5.74) is 1.80. The van der Waals surface area contributed by atoms with Gasteiger partial charge in [0.15, 0.2) is 22.1 Å². The number of allylic oxidation sites excluding steroid dienone is 2. The zero-order valence-corrected chi connectivity index (χ0v) is 21.6. The normalized spacial score (nSPS) is 18.6. The van der Waals surface area contributed by atoms with Crippen LogP contribution in [-0.4, -0.2) is 29.5 Å². The maximum atomic E-state index is 13.8. The molecular formula is C27H25N3O6S. The van der Waals surface area contributed by atoms with Gasteiger partial charge in [0.25, 0.3) is 11.2 Å². The minimum atomic E-state index is -0.679. The molecule has 5 rings (SSSR count). The fourth-order valence-corrected chi connectivity index (χ4v) is 5.99. The fourth-order valence-electron chi connectivity index (χ4n) is 4.97. The first-order valence-electron chi connectivity index (χ1n) is 11.7. The van der Waals surface area contributed by atoms with E-state index in [0.717, 1.165) is 0 Å². The van der Waals surface area contributed by atoms with Crippen molar-refractivity contribution in [3.63, 3.8) is 0 Å². The molecule has 0 amide bonds. The first-order valence-corrected chi connectivity index (χ1v) is 12.5. The van der Waals surface area contributed by atoms with Crippen molar-refractivity contribution in [2.45, 2.75) is 32.7 Å². The summed E-state index contributed by atoms with van der Waals surface area (Å²) in [6, 6.07) is 10.8. The molecule has 2 aromatic carbocycles. The van der Waals surface area contributed by atoms with Crippen molar-refractivity contribution >= 4 is 28.9 Å². The van der Waals surface area contributed by atoms with Crippen molar-refractivity contribution in [3.8, 4) is 11.5 Å². The second-order valence-corrected chi connectivity index (χ2v) is 10.9. The van der Waals surface area contributed by atoms with Crippen LogP contribution in [-0.2, 0) is 4.79 Å². The highest BCUT2D eigenvalue weighted by Gasteiger charge is 2.40. The third-order valence-electron chi connectivity index (χ3n) is 6.60. The van der Waals surface area contributed by atoms with Gasteiger partial charge in [0.1, 0.15) is 0 Å². The first kappa shape index (κ1) is 24.6. The van der Waals surface area contributed by atoms with E-state index in [1.165, 1.54) is 30.6 Å². The summed E-state index contributed by atoms with van der Waals surface area (Å²) >= 11 is 1.20. The number of carbonyl (C=O) groups is 1. The molecule has 0 saturated carbocycles. The number of carbonyl (C=O) groups excluding carboxylic acids is 1. The van der Waals surface area contributed by atoms with Gasteiger partial charge in [-0.2, -0.15) is 0 Å². The Balaban J connectivity index is 1.76. The number of hydrogen-bond donors (Lipinski definition) is 0. The molecule has 190 valence electrons. The van der Waals surface area contributed by atoms with Crippen LogP contribution in [0.5, 0.6) is 11.5 Å². The van der Waals surface area contributed by atoms with E-state index in [1.807, 2.05) is 19.9 Å². The molecule has 0 fully saturated rings. The van der Waals surface area contributed by atoms with Gasteiger partial charge in [0.05, 0.1) is 35.4 Å². The van der Waals surface area contributed by atoms with E-state index in [2.05, 4.69) is 0 Å². The third kappa shape index (κ3) is 4.37. The van der Waals surface area contributed by atoms with Crippen LogP contribution in [0.2, 0.25) is 0 Å². The lowest BCUT2D eigenvalue weighted by atomic mass is 9.73. The number of non-ortho nitro benzene ring substituents is 1.